The van der Waals surface area contributed by atoms with Gasteiger partial charge in [-0.15, -0.1) is 11.3 Å². The maximum atomic E-state index is 13.1. The Labute approximate surface area is 160 Å². The van der Waals surface area contributed by atoms with Gasteiger partial charge in [-0.2, -0.15) is 0 Å². The van der Waals surface area contributed by atoms with E-state index in [0.717, 1.165) is 16.8 Å². The van der Waals surface area contributed by atoms with E-state index in [1.54, 1.807) is 12.1 Å². The predicted molar refractivity (Wildman–Crippen MR) is 104 cm³/mol. The molecule has 2 aromatic carbocycles. The highest BCUT2D eigenvalue weighted by Crippen LogP contribution is 2.24. The Hall–Kier alpha value is -3.06. The molecule has 7 heteroatoms. The molecule has 0 saturated heterocycles. The summed E-state index contributed by atoms with van der Waals surface area (Å²) in [5, 5.41) is 7.52. The van der Waals surface area contributed by atoms with E-state index in [2.05, 4.69) is 15.6 Å². The van der Waals surface area contributed by atoms with Crippen molar-refractivity contribution in [3.8, 4) is 11.3 Å². The maximum absolute atomic E-state index is 13.1. The number of nitrogens with one attached hydrogen (secondary N) is 2. The number of hydrogen-bond acceptors (Lipinski definition) is 4. The van der Waals surface area contributed by atoms with Gasteiger partial charge in [0.15, 0.2) is 5.13 Å². The van der Waals surface area contributed by atoms with Crippen molar-refractivity contribution in [1.82, 2.24) is 10.3 Å². The number of rotatable bonds is 6. The van der Waals surface area contributed by atoms with Crippen molar-refractivity contribution in [2.75, 3.05) is 11.9 Å². The zero-order chi connectivity index (χ0) is 19.2. The van der Waals surface area contributed by atoms with Crippen molar-refractivity contribution in [3.63, 3.8) is 0 Å². The molecule has 2 amide bonds. The van der Waals surface area contributed by atoms with Gasteiger partial charge in [-0.25, -0.2) is 9.37 Å². The summed E-state index contributed by atoms with van der Waals surface area (Å²) >= 11 is 1.32. The lowest BCUT2D eigenvalue weighted by Crippen LogP contribution is -2.33. The van der Waals surface area contributed by atoms with Crippen LogP contribution in [0.1, 0.15) is 11.1 Å². The Balaban J connectivity index is 1.49. The number of hydrogen-bond donors (Lipinski definition) is 2. The highest BCUT2D eigenvalue weighted by atomic mass is 32.1. The van der Waals surface area contributed by atoms with Crippen LogP contribution in [-0.2, 0) is 16.0 Å². The summed E-state index contributed by atoms with van der Waals surface area (Å²) in [5.74, 6) is -1.12. The zero-order valence-corrected chi connectivity index (χ0v) is 15.5. The summed E-state index contributed by atoms with van der Waals surface area (Å²) in [5.41, 5.74) is 3.47. The standard InChI is InChI=1S/C20H18FN3O2S/c1-13-5-7-15(8-6-13)17-12-27-20(23-17)24-19(26)11-22-18(25)10-14-3-2-4-16(21)9-14/h2-9,12H,10-11H2,1H3,(H,22,25)(H,23,24,26). The van der Waals surface area contributed by atoms with E-state index in [9.17, 15) is 14.0 Å². The fraction of sp³-hybridized carbons (Fsp3) is 0.150. The van der Waals surface area contributed by atoms with Crippen molar-refractivity contribution in [3.05, 3.63) is 70.9 Å². The van der Waals surface area contributed by atoms with Crippen molar-refractivity contribution >= 4 is 28.3 Å². The SMILES string of the molecule is Cc1ccc(-c2csc(NC(=O)CNC(=O)Cc3cccc(F)c3)n2)cc1. The first-order valence-electron chi connectivity index (χ1n) is 8.33. The van der Waals surface area contributed by atoms with Gasteiger partial charge < -0.3 is 10.6 Å². The van der Waals surface area contributed by atoms with Crippen molar-refractivity contribution < 1.29 is 14.0 Å². The molecule has 3 aromatic rings. The molecule has 0 saturated carbocycles. The summed E-state index contributed by atoms with van der Waals surface area (Å²) < 4.78 is 13.1. The molecule has 1 aromatic heterocycles. The van der Waals surface area contributed by atoms with Crippen LogP contribution in [0.4, 0.5) is 9.52 Å². The minimum atomic E-state index is -0.397. The Morgan fingerprint density at radius 2 is 1.89 bits per heavy atom. The third-order valence-corrected chi connectivity index (χ3v) is 4.56. The molecule has 0 bridgehead atoms. The van der Waals surface area contributed by atoms with Crippen molar-refractivity contribution in [2.45, 2.75) is 13.3 Å². The fourth-order valence-corrected chi connectivity index (χ4v) is 3.16. The van der Waals surface area contributed by atoms with Crippen LogP contribution in [-0.4, -0.2) is 23.3 Å². The number of benzene rings is 2. The van der Waals surface area contributed by atoms with Gasteiger partial charge in [0.1, 0.15) is 5.82 Å². The van der Waals surface area contributed by atoms with E-state index in [1.165, 1.54) is 23.5 Å². The van der Waals surface area contributed by atoms with Crippen LogP contribution in [0.15, 0.2) is 53.9 Å². The van der Waals surface area contributed by atoms with Gasteiger partial charge in [0.05, 0.1) is 18.7 Å². The minimum Gasteiger partial charge on any atom is -0.347 e. The van der Waals surface area contributed by atoms with Crippen LogP contribution in [0.3, 0.4) is 0 Å². The van der Waals surface area contributed by atoms with Crippen LogP contribution in [0.25, 0.3) is 11.3 Å². The van der Waals surface area contributed by atoms with Gasteiger partial charge >= 0.3 is 0 Å². The second kappa shape index (κ2) is 8.55. The molecule has 0 unspecified atom stereocenters. The molecule has 0 fully saturated rings. The van der Waals surface area contributed by atoms with Crippen molar-refractivity contribution in [2.24, 2.45) is 0 Å². The first-order valence-corrected chi connectivity index (χ1v) is 9.21. The van der Waals surface area contributed by atoms with E-state index in [0.29, 0.717) is 10.7 Å². The quantitative estimate of drug-likeness (QED) is 0.684. The molecule has 0 spiro atoms. The van der Waals surface area contributed by atoms with Gasteiger partial charge in [-0.1, -0.05) is 42.0 Å². The lowest BCUT2D eigenvalue weighted by Gasteiger charge is -2.05. The number of nitrogens with zero attached hydrogens (tertiary/aromatic N) is 1. The predicted octanol–water partition coefficient (Wildman–Crippen LogP) is 3.56. The number of anilines is 1. The second-order valence-electron chi connectivity index (χ2n) is 6.04. The number of thiazole rings is 1. The Bertz CT molecular complexity index is 954. The molecule has 138 valence electrons. The third-order valence-electron chi connectivity index (χ3n) is 3.80. The molecule has 5 nitrogen and oxygen atoms in total. The van der Waals surface area contributed by atoms with E-state index >= 15 is 0 Å². The smallest absolute Gasteiger partial charge is 0.245 e. The number of amides is 2. The van der Waals surface area contributed by atoms with Crippen LogP contribution in [0.5, 0.6) is 0 Å². The van der Waals surface area contributed by atoms with Crippen LogP contribution in [0, 0.1) is 12.7 Å². The summed E-state index contributed by atoms with van der Waals surface area (Å²) in [7, 11) is 0. The van der Waals surface area contributed by atoms with Gasteiger partial charge in [0.2, 0.25) is 11.8 Å². The number of halogens is 1. The molecule has 1 heterocycles. The topological polar surface area (TPSA) is 71.1 Å². The second-order valence-corrected chi connectivity index (χ2v) is 6.89. The largest absolute Gasteiger partial charge is 0.347 e. The minimum absolute atomic E-state index is 0.0138. The fourth-order valence-electron chi connectivity index (χ4n) is 2.43. The summed E-state index contributed by atoms with van der Waals surface area (Å²) in [6.45, 7) is 1.84. The molecular formula is C20H18FN3O2S. The Morgan fingerprint density at radius 1 is 1.11 bits per heavy atom. The molecule has 0 aliphatic heterocycles. The van der Waals surface area contributed by atoms with Gasteiger partial charge in [-0.3, -0.25) is 9.59 Å². The molecule has 27 heavy (non-hydrogen) atoms. The van der Waals surface area contributed by atoms with Crippen LogP contribution < -0.4 is 10.6 Å². The van der Waals surface area contributed by atoms with Crippen LogP contribution in [0.2, 0.25) is 0 Å². The molecule has 3 rings (SSSR count). The van der Waals surface area contributed by atoms with Gasteiger partial charge in [-0.05, 0) is 24.6 Å². The molecule has 2 N–H and O–H groups in total. The molecular weight excluding hydrogens is 365 g/mol. The van der Waals surface area contributed by atoms with Gasteiger partial charge in [0, 0.05) is 10.9 Å². The number of carbonyl (C=O) groups excluding carboxylic acids is 2. The van der Waals surface area contributed by atoms with E-state index < -0.39 is 5.82 Å². The Morgan fingerprint density at radius 3 is 2.63 bits per heavy atom. The average Bonchev–Trinajstić information content (AvgIpc) is 3.09. The van der Waals surface area contributed by atoms with Crippen LogP contribution >= 0.6 is 11.3 Å². The zero-order valence-electron chi connectivity index (χ0n) is 14.7. The highest BCUT2D eigenvalue weighted by Gasteiger charge is 2.10. The van der Waals surface area contributed by atoms with E-state index in [1.807, 2.05) is 36.6 Å². The number of aryl methyl sites for hydroxylation is 1. The summed E-state index contributed by atoms with van der Waals surface area (Å²) in [6, 6.07) is 13.8. The van der Waals surface area contributed by atoms with E-state index in [4.69, 9.17) is 0 Å². The Kier molecular flexibility index (Phi) is 5.93. The van der Waals surface area contributed by atoms with E-state index in [-0.39, 0.29) is 24.8 Å². The molecule has 0 atom stereocenters. The van der Waals surface area contributed by atoms with Gasteiger partial charge in [0.25, 0.3) is 0 Å². The molecule has 0 aliphatic rings. The third kappa shape index (κ3) is 5.46. The average molecular weight is 383 g/mol. The lowest BCUT2D eigenvalue weighted by atomic mass is 10.1. The summed E-state index contributed by atoms with van der Waals surface area (Å²) in [6.07, 6.45) is 0.0138. The number of carbonyl (C=O) groups is 2. The molecule has 0 aliphatic carbocycles. The maximum Gasteiger partial charge on any atom is 0.245 e. The monoisotopic (exact) mass is 383 g/mol. The molecule has 0 radical (unpaired) electrons. The highest BCUT2D eigenvalue weighted by molar-refractivity contribution is 7.14. The number of aromatic nitrogens is 1. The lowest BCUT2D eigenvalue weighted by molar-refractivity contribution is -0.123. The van der Waals surface area contributed by atoms with Crippen molar-refractivity contribution in [1.29, 1.82) is 0 Å². The summed E-state index contributed by atoms with van der Waals surface area (Å²) in [4.78, 5) is 28.3. The first kappa shape index (κ1) is 18.7. The first-order chi connectivity index (χ1) is 13.0. The normalized spacial score (nSPS) is 10.4.